The molecule has 0 saturated heterocycles. The quantitative estimate of drug-likeness (QED) is 0.913. The van der Waals surface area contributed by atoms with Gasteiger partial charge in [0.05, 0.1) is 13.7 Å². The summed E-state index contributed by atoms with van der Waals surface area (Å²) in [6.07, 6.45) is 2.08. The summed E-state index contributed by atoms with van der Waals surface area (Å²) in [7, 11) is 1.61. The molecule has 6 heteroatoms. The van der Waals surface area contributed by atoms with E-state index in [4.69, 9.17) is 4.74 Å². The Bertz CT molecular complexity index is 724. The van der Waals surface area contributed by atoms with Crippen LogP contribution in [0.25, 0.3) is 0 Å². The van der Waals surface area contributed by atoms with Crippen molar-refractivity contribution in [2.24, 2.45) is 0 Å². The van der Waals surface area contributed by atoms with Gasteiger partial charge in [0.25, 0.3) is 5.56 Å². The van der Waals surface area contributed by atoms with Crippen molar-refractivity contribution in [3.8, 4) is 5.75 Å². The summed E-state index contributed by atoms with van der Waals surface area (Å²) >= 11 is 0. The summed E-state index contributed by atoms with van der Waals surface area (Å²) in [6, 6.07) is 9.36. The van der Waals surface area contributed by atoms with Crippen LogP contribution < -0.4 is 15.6 Å². The standard InChI is InChI=1S/C17H20N2O3.ClH/c1-4-15(20)18-16-12(2)9-10-19(17(16)21)11-13-5-7-14(22-3)8-6-13;/h5-10H,4,11H2,1-3H3,(H,18,20);1H. The highest BCUT2D eigenvalue weighted by molar-refractivity contribution is 5.90. The van der Waals surface area contributed by atoms with Crippen LogP contribution in [0.3, 0.4) is 0 Å². The van der Waals surface area contributed by atoms with E-state index in [1.807, 2.05) is 37.3 Å². The number of aromatic nitrogens is 1. The Hall–Kier alpha value is -2.27. The van der Waals surface area contributed by atoms with Gasteiger partial charge >= 0.3 is 0 Å². The Morgan fingerprint density at radius 2 is 1.87 bits per heavy atom. The lowest BCUT2D eigenvalue weighted by molar-refractivity contribution is -0.115. The number of carbonyl (C=O) groups is 1. The van der Waals surface area contributed by atoms with Crippen LogP contribution in [-0.2, 0) is 11.3 Å². The Morgan fingerprint density at radius 1 is 1.22 bits per heavy atom. The maximum Gasteiger partial charge on any atom is 0.274 e. The number of anilines is 1. The molecule has 0 atom stereocenters. The summed E-state index contributed by atoms with van der Waals surface area (Å²) in [5.41, 5.74) is 1.90. The first kappa shape index (κ1) is 18.8. The zero-order valence-electron chi connectivity index (χ0n) is 13.5. The van der Waals surface area contributed by atoms with Crippen molar-refractivity contribution in [2.75, 3.05) is 12.4 Å². The van der Waals surface area contributed by atoms with Gasteiger partial charge in [-0.3, -0.25) is 9.59 Å². The number of benzene rings is 1. The third-order valence-corrected chi connectivity index (χ3v) is 3.47. The highest BCUT2D eigenvalue weighted by Crippen LogP contribution is 2.13. The first-order valence-electron chi connectivity index (χ1n) is 7.18. The number of carbonyl (C=O) groups excluding carboxylic acids is 1. The molecule has 124 valence electrons. The normalized spacial score (nSPS) is 9.87. The molecule has 0 aliphatic heterocycles. The van der Waals surface area contributed by atoms with Gasteiger partial charge < -0.3 is 14.6 Å². The number of pyridine rings is 1. The lowest BCUT2D eigenvalue weighted by Gasteiger charge is -2.12. The third-order valence-electron chi connectivity index (χ3n) is 3.47. The monoisotopic (exact) mass is 336 g/mol. The molecule has 0 saturated carbocycles. The smallest absolute Gasteiger partial charge is 0.274 e. The lowest BCUT2D eigenvalue weighted by atomic mass is 10.2. The fraction of sp³-hybridized carbons (Fsp3) is 0.294. The second-order valence-electron chi connectivity index (χ2n) is 5.06. The van der Waals surface area contributed by atoms with Gasteiger partial charge in [0, 0.05) is 12.6 Å². The fourth-order valence-corrected chi connectivity index (χ4v) is 2.10. The van der Waals surface area contributed by atoms with E-state index < -0.39 is 0 Å². The maximum atomic E-state index is 12.5. The second-order valence-corrected chi connectivity index (χ2v) is 5.06. The van der Waals surface area contributed by atoms with Crippen LogP contribution in [0, 0.1) is 6.92 Å². The van der Waals surface area contributed by atoms with Crippen molar-refractivity contribution in [1.29, 1.82) is 0 Å². The zero-order chi connectivity index (χ0) is 16.1. The highest BCUT2D eigenvalue weighted by Gasteiger charge is 2.10. The average molecular weight is 337 g/mol. The molecule has 0 bridgehead atoms. The van der Waals surface area contributed by atoms with E-state index in [0.29, 0.717) is 18.7 Å². The van der Waals surface area contributed by atoms with Crippen molar-refractivity contribution >= 4 is 24.0 Å². The number of hydrogen-bond acceptors (Lipinski definition) is 3. The van der Waals surface area contributed by atoms with Gasteiger partial charge in [-0.2, -0.15) is 0 Å². The van der Waals surface area contributed by atoms with Crippen LogP contribution in [0.1, 0.15) is 24.5 Å². The van der Waals surface area contributed by atoms with Gasteiger partial charge in [0.15, 0.2) is 0 Å². The second kappa shape index (κ2) is 8.39. The Labute approximate surface area is 141 Å². The molecule has 1 N–H and O–H groups in total. The first-order valence-corrected chi connectivity index (χ1v) is 7.18. The van der Waals surface area contributed by atoms with Gasteiger partial charge in [0.2, 0.25) is 5.91 Å². The minimum Gasteiger partial charge on any atom is -0.497 e. The molecule has 1 amide bonds. The number of amides is 1. The molecule has 1 heterocycles. The van der Waals surface area contributed by atoms with Crippen molar-refractivity contribution in [3.63, 3.8) is 0 Å². The lowest BCUT2D eigenvalue weighted by Crippen LogP contribution is -2.26. The zero-order valence-corrected chi connectivity index (χ0v) is 14.3. The molecule has 1 aromatic heterocycles. The maximum absolute atomic E-state index is 12.5. The third kappa shape index (κ3) is 4.60. The summed E-state index contributed by atoms with van der Waals surface area (Å²) in [4.78, 5) is 24.0. The summed E-state index contributed by atoms with van der Waals surface area (Å²) in [5.74, 6) is 0.610. The first-order chi connectivity index (χ1) is 10.5. The molecule has 0 fully saturated rings. The van der Waals surface area contributed by atoms with E-state index in [1.54, 1.807) is 24.8 Å². The fourth-order valence-electron chi connectivity index (χ4n) is 2.10. The molecule has 5 nitrogen and oxygen atoms in total. The van der Waals surface area contributed by atoms with E-state index in [0.717, 1.165) is 16.9 Å². The molecule has 23 heavy (non-hydrogen) atoms. The molecule has 2 rings (SSSR count). The summed E-state index contributed by atoms with van der Waals surface area (Å²) in [6.45, 7) is 4.01. The molecular formula is C17H21ClN2O3. The number of nitrogens with one attached hydrogen (secondary N) is 1. The van der Waals surface area contributed by atoms with E-state index in [2.05, 4.69) is 5.32 Å². The van der Waals surface area contributed by atoms with Crippen LogP contribution >= 0.6 is 12.4 Å². The van der Waals surface area contributed by atoms with Gasteiger partial charge in [-0.05, 0) is 36.2 Å². The number of ether oxygens (including phenoxy) is 1. The number of aryl methyl sites for hydroxylation is 1. The van der Waals surface area contributed by atoms with E-state index in [9.17, 15) is 9.59 Å². The van der Waals surface area contributed by atoms with Gasteiger partial charge in [-0.25, -0.2) is 0 Å². The molecule has 0 unspecified atom stereocenters. The molecular weight excluding hydrogens is 316 g/mol. The van der Waals surface area contributed by atoms with Crippen molar-refractivity contribution in [2.45, 2.75) is 26.8 Å². The van der Waals surface area contributed by atoms with Crippen molar-refractivity contribution in [1.82, 2.24) is 4.57 Å². The Morgan fingerprint density at radius 3 is 2.43 bits per heavy atom. The highest BCUT2D eigenvalue weighted by atomic mass is 35.5. The van der Waals surface area contributed by atoms with Crippen LogP contribution in [0.4, 0.5) is 5.69 Å². The molecule has 0 aliphatic rings. The van der Waals surface area contributed by atoms with Crippen molar-refractivity contribution < 1.29 is 9.53 Å². The summed E-state index contributed by atoms with van der Waals surface area (Å²) in [5, 5.41) is 2.68. The Kier molecular flexibility index (Phi) is 6.85. The number of hydrogen-bond donors (Lipinski definition) is 1. The van der Waals surface area contributed by atoms with Gasteiger partial charge in [-0.1, -0.05) is 19.1 Å². The predicted molar refractivity (Wildman–Crippen MR) is 93.7 cm³/mol. The van der Waals surface area contributed by atoms with Crippen LogP contribution in [0.2, 0.25) is 0 Å². The van der Waals surface area contributed by atoms with Gasteiger partial charge in [0.1, 0.15) is 11.4 Å². The topological polar surface area (TPSA) is 60.3 Å². The molecule has 1 aromatic carbocycles. The summed E-state index contributed by atoms with van der Waals surface area (Å²) < 4.78 is 6.70. The SMILES string of the molecule is CCC(=O)Nc1c(C)ccn(Cc2ccc(OC)cc2)c1=O.Cl. The van der Waals surface area contributed by atoms with E-state index >= 15 is 0 Å². The van der Waals surface area contributed by atoms with Gasteiger partial charge in [-0.15, -0.1) is 12.4 Å². The number of nitrogens with zero attached hydrogens (tertiary/aromatic N) is 1. The number of halogens is 1. The van der Waals surface area contributed by atoms with Crippen molar-refractivity contribution in [3.05, 3.63) is 58.0 Å². The van der Waals surface area contributed by atoms with E-state index in [-0.39, 0.29) is 23.9 Å². The number of methoxy groups -OCH3 is 1. The molecule has 0 radical (unpaired) electrons. The minimum atomic E-state index is -0.197. The minimum absolute atomic E-state index is 0. The molecule has 0 aliphatic carbocycles. The number of rotatable bonds is 5. The largest absolute Gasteiger partial charge is 0.497 e. The van der Waals surface area contributed by atoms with Crippen LogP contribution in [0.5, 0.6) is 5.75 Å². The predicted octanol–water partition coefficient (Wildman–Crippen LogP) is 2.98. The van der Waals surface area contributed by atoms with E-state index in [1.165, 1.54) is 0 Å². The molecule has 0 spiro atoms. The van der Waals surface area contributed by atoms with Crippen LogP contribution in [-0.4, -0.2) is 17.6 Å². The van der Waals surface area contributed by atoms with Crippen LogP contribution in [0.15, 0.2) is 41.3 Å². The Balaban J connectivity index is 0.00000264. The molecule has 2 aromatic rings. The average Bonchev–Trinajstić information content (AvgIpc) is 2.54.